The maximum absolute atomic E-state index is 10.5. The van der Waals surface area contributed by atoms with Gasteiger partial charge < -0.3 is 19.8 Å². The molecule has 0 aliphatic carbocycles. The van der Waals surface area contributed by atoms with E-state index in [-0.39, 0.29) is 103 Å². The minimum Gasteiger partial charge on any atom is -0.542 e. The van der Waals surface area contributed by atoms with E-state index in [1.54, 1.807) is 0 Å². The Hall–Kier alpha value is 1.79. The Morgan fingerprint density at radius 3 is 0.750 bits per heavy atom. The quantitative estimate of drug-likeness (QED) is 0.329. The Morgan fingerprint density at radius 1 is 0.688 bits per heavy atom. The van der Waals surface area contributed by atoms with E-state index in [9.17, 15) is 26.3 Å². The number of rotatable bonds is 0. The maximum Gasteiger partial charge on any atom is 1.00 e. The number of halogens is 6. The molecule has 0 rings (SSSR count). The Morgan fingerprint density at radius 2 is 0.750 bits per heavy atom. The van der Waals surface area contributed by atoms with E-state index in [0.29, 0.717) is 0 Å². The summed E-state index contributed by atoms with van der Waals surface area (Å²) >= 11 is 0. The van der Waals surface area contributed by atoms with Crippen LogP contribution in [0.1, 0.15) is 0 Å². The average Bonchev–Trinajstić information content (AvgIpc) is 1.83. The van der Waals surface area contributed by atoms with Crippen molar-refractivity contribution in [2.24, 2.45) is 0 Å². The van der Waals surface area contributed by atoms with Crippen LogP contribution in [0.25, 0.3) is 0 Å². The van der Waals surface area contributed by atoms with Crippen molar-refractivity contribution < 1.29 is 149 Å². The number of carbonyl (C=O) groups excluding carboxylic acids is 2. The van der Waals surface area contributed by atoms with Gasteiger partial charge in [-0.1, -0.05) is 0 Å². The molecule has 0 aromatic carbocycles. The first kappa shape index (κ1) is 26.4. The molecule has 0 bridgehead atoms. The van der Waals surface area contributed by atoms with Crippen molar-refractivity contribution in [1.82, 2.24) is 0 Å². The predicted molar refractivity (Wildman–Crippen MR) is 22.1 cm³/mol. The van der Waals surface area contributed by atoms with Gasteiger partial charge in [0.2, 0.25) is 0 Å². The minimum absolute atomic E-state index is 0. The molecule has 0 radical (unpaired) electrons. The molecular weight excluding hydrogens is 304 g/mol. The van der Waals surface area contributed by atoms with Crippen molar-refractivity contribution in [3.63, 3.8) is 0 Å². The molecule has 0 aliphatic rings. The van der Waals surface area contributed by atoms with Crippen LogP contribution < -0.4 is 113 Å². The Labute approximate surface area is 170 Å². The second-order valence-electron chi connectivity index (χ2n) is 1.57. The summed E-state index contributed by atoms with van der Waals surface area (Å²) in [5.74, 6) is -6.01. The third-order valence-electron chi connectivity index (χ3n) is 0.463. The van der Waals surface area contributed by atoms with Gasteiger partial charge in [-0.15, -0.1) is 0 Å². The second kappa shape index (κ2) is 10.7. The Balaban J connectivity index is -0.0000000800. The fourth-order valence-electron chi connectivity index (χ4n) is 0. The summed E-state index contributed by atoms with van der Waals surface area (Å²) in [6.07, 6.45) is -10.4. The summed E-state index contributed by atoms with van der Waals surface area (Å²) in [6, 6.07) is 0. The fourth-order valence-corrected chi connectivity index (χ4v) is 0. The van der Waals surface area contributed by atoms with Gasteiger partial charge in [0.1, 0.15) is 11.9 Å². The first-order valence-corrected chi connectivity index (χ1v) is 2.45. The smallest absolute Gasteiger partial charge is 0.542 e. The summed E-state index contributed by atoms with van der Waals surface area (Å²) < 4.78 is 63.1. The van der Waals surface area contributed by atoms with E-state index < -0.39 is 24.3 Å². The molecular formula is C4F6K2O4. The van der Waals surface area contributed by atoms with Crippen LogP contribution in [0.5, 0.6) is 0 Å². The number of carbonyl (C=O) groups is 2. The van der Waals surface area contributed by atoms with Gasteiger partial charge in [-0.2, -0.15) is 26.3 Å². The van der Waals surface area contributed by atoms with Crippen molar-refractivity contribution in [3.05, 3.63) is 0 Å². The third-order valence-corrected chi connectivity index (χ3v) is 0.463. The summed E-state index contributed by atoms with van der Waals surface area (Å²) in [5, 5.41) is 17.6. The van der Waals surface area contributed by atoms with Crippen molar-refractivity contribution in [2.45, 2.75) is 12.4 Å². The molecule has 0 heterocycles. The number of carboxylic acid groups (broad SMARTS) is 2. The van der Waals surface area contributed by atoms with Crippen molar-refractivity contribution >= 4 is 11.9 Å². The SMILES string of the molecule is O=C([O-])C(F)(F)F.O=C([O-])C(F)(F)F.[K+].[K+]. The van der Waals surface area contributed by atoms with E-state index in [2.05, 4.69) is 0 Å². The van der Waals surface area contributed by atoms with Crippen LogP contribution in [0.3, 0.4) is 0 Å². The van der Waals surface area contributed by atoms with Crippen LogP contribution >= 0.6 is 0 Å². The van der Waals surface area contributed by atoms with Gasteiger partial charge >= 0.3 is 115 Å². The number of alkyl halides is 6. The molecule has 0 unspecified atom stereocenters. The largest absolute Gasteiger partial charge is 1.00 e. The van der Waals surface area contributed by atoms with Gasteiger partial charge in [-0.3, -0.25) is 0 Å². The molecule has 84 valence electrons. The van der Waals surface area contributed by atoms with Crippen LogP contribution in [0.2, 0.25) is 0 Å². The van der Waals surface area contributed by atoms with Crippen LogP contribution in [-0.2, 0) is 9.59 Å². The molecule has 16 heavy (non-hydrogen) atoms. The predicted octanol–water partition coefficient (Wildman–Crippen LogP) is -7.39. The van der Waals surface area contributed by atoms with Crippen LogP contribution in [0, 0.1) is 0 Å². The summed E-state index contributed by atoms with van der Waals surface area (Å²) in [5.41, 5.74) is 0. The van der Waals surface area contributed by atoms with Crippen molar-refractivity contribution in [1.29, 1.82) is 0 Å². The molecule has 0 amide bonds. The standard InChI is InChI=1S/2C2HF3O2.2K/c2*3-2(4,5)1(6)7;;/h2*(H,6,7);;/q;;2*+1/p-2. The number of hydrogen-bond donors (Lipinski definition) is 0. The first-order valence-electron chi connectivity index (χ1n) is 2.45. The van der Waals surface area contributed by atoms with Crippen LogP contribution in [0.15, 0.2) is 0 Å². The number of hydrogen-bond acceptors (Lipinski definition) is 4. The summed E-state index contributed by atoms with van der Waals surface area (Å²) in [6.45, 7) is 0. The number of carboxylic acids is 2. The molecule has 0 spiro atoms. The Bertz CT molecular complexity index is 200. The molecule has 0 aliphatic heterocycles. The van der Waals surface area contributed by atoms with Crippen LogP contribution in [-0.4, -0.2) is 24.3 Å². The molecule has 12 heteroatoms. The molecule has 0 N–H and O–H groups in total. The molecule has 4 nitrogen and oxygen atoms in total. The molecule has 0 aromatic heterocycles. The van der Waals surface area contributed by atoms with E-state index in [0.717, 1.165) is 0 Å². The van der Waals surface area contributed by atoms with Gasteiger partial charge in [-0.25, -0.2) is 0 Å². The third kappa shape index (κ3) is 18.2. The van der Waals surface area contributed by atoms with Gasteiger partial charge in [0.05, 0.1) is 0 Å². The van der Waals surface area contributed by atoms with Gasteiger partial charge in [-0.05, 0) is 0 Å². The van der Waals surface area contributed by atoms with E-state index >= 15 is 0 Å². The molecule has 0 fully saturated rings. The topological polar surface area (TPSA) is 80.3 Å². The summed E-state index contributed by atoms with van der Waals surface area (Å²) in [4.78, 5) is 17.6. The normalized spacial score (nSPS) is 9.88. The Kier molecular flexibility index (Phi) is 17.6. The van der Waals surface area contributed by atoms with E-state index in [1.807, 2.05) is 0 Å². The van der Waals surface area contributed by atoms with E-state index in [1.165, 1.54) is 0 Å². The zero-order valence-electron chi connectivity index (χ0n) is 7.90. The van der Waals surface area contributed by atoms with Crippen LogP contribution in [0.4, 0.5) is 26.3 Å². The minimum atomic E-state index is -5.19. The monoisotopic (exact) mass is 304 g/mol. The maximum atomic E-state index is 10.5. The van der Waals surface area contributed by atoms with Gasteiger partial charge in [0.15, 0.2) is 0 Å². The zero-order valence-corrected chi connectivity index (χ0v) is 14.1. The van der Waals surface area contributed by atoms with E-state index in [4.69, 9.17) is 19.8 Å². The average molecular weight is 304 g/mol. The molecule has 0 atom stereocenters. The van der Waals surface area contributed by atoms with Crippen molar-refractivity contribution in [3.8, 4) is 0 Å². The number of aliphatic carboxylic acids is 2. The van der Waals surface area contributed by atoms with Gasteiger partial charge in [0, 0.05) is 0 Å². The zero-order chi connectivity index (χ0) is 12.2. The molecule has 0 aromatic rings. The molecule has 0 saturated carbocycles. The molecule has 0 saturated heterocycles. The van der Waals surface area contributed by atoms with Gasteiger partial charge in [0.25, 0.3) is 0 Å². The summed E-state index contributed by atoms with van der Waals surface area (Å²) in [7, 11) is 0. The van der Waals surface area contributed by atoms with Crippen molar-refractivity contribution in [2.75, 3.05) is 0 Å². The first-order chi connectivity index (χ1) is 5.89. The fraction of sp³-hybridized carbons (Fsp3) is 0.500. The second-order valence-corrected chi connectivity index (χ2v) is 1.57.